The van der Waals surface area contributed by atoms with Crippen molar-refractivity contribution in [1.82, 2.24) is 10.2 Å². The first-order chi connectivity index (χ1) is 14.1. The van der Waals surface area contributed by atoms with Gasteiger partial charge in [0.1, 0.15) is 12.4 Å². The molecule has 0 radical (unpaired) electrons. The van der Waals surface area contributed by atoms with Crippen LogP contribution in [0.1, 0.15) is 21.6 Å². The third-order valence-electron chi connectivity index (χ3n) is 4.16. The van der Waals surface area contributed by atoms with Crippen LogP contribution < -0.4 is 9.64 Å². The van der Waals surface area contributed by atoms with Crippen LogP contribution in [0.5, 0.6) is 5.75 Å². The average molecular weight is 454 g/mol. The third-order valence-corrected chi connectivity index (χ3v) is 4.66. The predicted octanol–water partition coefficient (Wildman–Crippen LogP) is 4.71. The lowest BCUT2D eigenvalue weighted by Gasteiger charge is -2.23. The van der Waals surface area contributed by atoms with E-state index in [4.69, 9.17) is 9.84 Å². The summed E-state index contributed by atoms with van der Waals surface area (Å²) in [5.41, 5.74) is 1.95. The fraction of sp³-hybridized carbons (Fsp3) is 0.136. The lowest BCUT2D eigenvalue weighted by Crippen LogP contribution is -2.24. The number of benzene rings is 2. The monoisotopic (exact) mass is 453 g/mol. The Labute approximate surface area is 177 Å². The van der Waals surface area contributed by atoms with E-state index < -0.39 is 5.97 Å². The summed E-state index contributed by atoms with van der Waals surface area (Å²) >= 11 is 3.52. The van der Waals surface area contributed by atoms with Crippen LogP contribution in [0.3, 0.4) is 0 Å². The van der Waals surface area contributed by atoms with Gasteiger partial charge in [-0.05, 0) is 35.9 Å². The topological polar surface area (TPSA) is 75.5 Å². The van der Waals surface area contributed by atoms with E-state index in [1.807, 2.05) is 53.4 Å². The highest BCUT2D eigenvalue weighted by Crippen LogP contribution is 2.27. The Balaban J connectivity index is 1.82. The molecule has 0 amide bonds. The third kappa shape index (κ3) is 5.65. The molecule has 7 heteroatoms. The zero-order valence-corrected chi connectivity index (χ0v) is 17.2. The van der Waals surface area contributed by atoms with Gasteiger partial charge in [-0.1, -0.05) is 52.3 Å². The van der Waals surface area contributed by atoms with E-state index in [-0.39, 0.29) is 5.69 Å². The number of ether oxygens (including phenoxy) is 1. The molecule has 1 aromatic heterocycles. The van der Waals surface area contributed by atoms with E-state index in [2.05, 4.69) is 32.7 Å². The Kier molecular flexibility index (Phi) is 6.97. The van der Waals surface area contributed by atoms with Gasteiger partial charge in [0.15, 0.2) is 11.5 Å². The summed E-state index contributed by atoms with van der Waals surface area (Å²) in [5.74, 6) is 0.216. The molecule has 0 spiro atoms. The van der Waals surface area contributed by atoms with Crippen LogP contribution in [-0.2, 0) is 13.2 Å². The van der Waals surface area contributed by atoms with Crippen LogP contribution in [0.4, 0.5) is 5.82 Å². The van der Waals surface area contributed by atoms with Crippen molar-refractivity contribution >= 4 is 27.7 Å². The Morgan fingerprint density at radius 1 is 1.14 bits per heavy atom. The number of aromatic nitrogens is 2. The molecule has 1 N–H and O–H groups in total. The van der Waals surface area contributed by atoms with Crippen molar-refractivity contribution in [3.8, 4) is 5.75 Å². The number of hydrogen-bond acceptors (Lipinski definition) is 5. The number of carbonyl (C=O) groups is 1. The SMILES string of the molecule is C=CCN(Cc1cc(Br)ccc1OCc1ccccc1)c1ccc(C(=O)O)nn1. The molecule has 29 heavy (non-hydrogen) atoms. The van der Waals surface area contributed by atoms with Crippen molar-refractivity contribution in [1.29, 1.82) is 0 Å². The van der Waals surface area contributed by atoms with E-state index in [9.17, 15) is 4.79 Å². The van der Waals surface area contributed by atoms with Crippen LogP contribution in [0, 0.1) is 0 Å². The molecular weight excluding hydrogens is 434 g/mol. The lowest BCUT2D eigenvalue weighted by atomic mass is 10.1. The second-order valence-corrected chi connectivity index (χ2v) is 7.19. The van der Waals surface area contributed by atoms with Gasteiger partial charge in [-0.2, -0.15) is 0 Å². The Morgan fingerprint density at radius 3 is 2.59 bits per heavy atom. The highest BCUT2D eigenvalue weighted by atomic mass is 79.9. The van der Waals surface area contributed by atoms with Gasteiger partial charge in [0.05, 0.1) is 0 Å². The number of rotatable bonds is 9. The highest BCUT2D eigenvalue weighted by Gasteiger charge is 2.14. The first-order valence-electron chi connectivity index (χ1n) is 8.95. The Morgan fingerprint density at radius 2 is 1.93 bits per heavy atom. The van der Waals surface area contributed by atoms with Crippen LogP contribution in [0.15, 0.2) is 77.8 Å². The lowest BCUT2D eigenvalue weighted by molar-refractivity contribution is 0.0689. The van der Waals surface area contributed by atoms with Crippen molar-refractivity contribution < 1.29 is 14.6 Å². The Bertz CT molecular complexity index is 978. The molecule has 0 saturated carbocycles. The zero-order chi connectivity index (χ0) is 20.6. The summed E-state index contributed by atoms with van der Waals surface area (Å²) < 4.78 is 6.99. The zero-order valence-electron chi connectivity index (χ0n) is 15.7. The molecule has 2 aromatic carbocycles. The minimum absolute atomic E-state index is 0.0957. The van der Waals surface area contributed by atoms with Crippen molar-refractivity contribution in [3.05, 3.63) is 94.6 Å². The summed E-state index contributed by atoms with van der Waals surface area (Å²) in [5, 5.41) is 16.8. The fourth-order valence-electron chi connectivity index (χ4n) is 2.76. The minimum Gasteiger partial charge on any atom is -0.489 e. The van der Waals surface area contributed by atoms with Gasteiger partial charge in [0, 0.05) is 23.1 Å². The van der Waals surface area contributed by atoms with Crippen LogP contribution in [-0.4, -0.2) is 27.8 Å². The second kappa shape index (κ2) is 9.84. The predicted molar refractivity (Wildman–Crippen MR) is 115 cm³/mol. The van der Waals surface area contributed by atoms with Gasteiger partial charge in [-0.3, -0.25) is 0 Å². The van der Waals surface area contributed by atoms with Crippen LogP contribution in [0.2, 0.25) is 0 Å². The summed E-state index contributed by atoms with van der Waals surface area (Å²) in [7, 11) is 0. The molecule has 3 rings (SSSR count). The largest absolute Gasteiger partial charge is 0.489 e. The van der Waals surface area contributed by atoms with Gasteiger partial charge in [0.25, 0.3) is 0 Å². The van der Waals surface area contributed by atoms with E-state index >= 15 is 0 Å². The van der Waals surface area contributed by atoms with E-state index in [1.165, 1.54) is 6.07 Å². The summed E-state index contributed by atoms with van der Waals surface area (Å²) in [6.45, 7) is 5.28. The van der Waals surface area contributed by atoms with E-state index in [0.717, 1.165) is 21.3 Å². The van der Waals surface area contributed by atoms with Crippen molar-refractivity contribution in [2.75, 3.05) is 11.4 Å². The maximum absolute atomic E-state index is 11.0. The maximum Gasteiger partial charge on any atom is 0.356 e. The summed E-state index contributed by atoms with van der Waals surface area (Å²) in [6.07, 6.45) is 1.76. The van der Waals surface area contributed by atoms with E-state index in [1.54, 1.807) is 12.1 Å². The number of nitrogens with zero attached hydrogens (tertiary/aromatic N) is 3. The quantitative estimate of drug-likeness (QED) is 0.472. The van der Waals surface area contributed by atoms with Gasteiger partial charge in [-0.15, -0.1) is 16.8 Å². The molecule has 0 aliphatic carbocycles. The number of aromatic carboxylic acids is 1. The van der Waals surface area contributed by atoms with Crippen LogP contribution in [0.25, 0.3) is 0 Å². The van der Waals surface area contributed by atoms with Crippen molar-refractivity contribution in [2.24, 2.45) is 0 Å². The van der Waals surface area contributed by atoms with Gasteiger partial charge < -0.3 is 14.7 Å². The minimum atomic E-state index is -1.11. The number of halogens is 1. The van der Waals surface area contributed by atoms with Crippen LogP contribution >= 0.6 is 15.9 Å². The average Bonchev–Trinajstić information content (AvgIpc) is 2.73. The molecule has 0 fully saturated rings. The Hall–Kier alpha value is -3.19. The molecule has 6 nitrogen and oxygen atoms in total. The second-order valence-electron chi connectivity index (χ2n) is 6.28. The molecule has 0 unspecified atom stereocenters. The highest BCUT2D eigenvalue weighted by molar-refractivity contribution is 9.10. The van der Waals surface area contributed by atoms with Crippen molar-refractivity contribution in [3.63, 3.8) is 0 Å². The normalized spacial score (nSPS) is 10.4. The van der Waals surface area contributed by atoms with Gasteiger partial charge in [0.2, 0.25) is 0 Å². The number of anilines is 1. The summed E-state index contributed by atoms with van der Waals surface area (Å²) in [6, 6.07) is 18.9. The first kappa shape index (κ1) is 20.5. The first-order valence-corrected chi connectivity index (χ1v) is 9.74. The number of carboxylic acids is 1. The molecule has 0 bridgehead atoms. The standard InChI is InChI=1S/C22H20BrN3O3/c1-2-12-26(21-11-9-19(22(27)28)24-25-21)14-17-13-18(23)8-10-20(17)29-15-16-6-4-3-5-7-16/h2-11,13H,1,12,14-15H2,(H,27,28). The molecule has 0 saturated heterocycles. The van der Waals surface area contributed by atoms with E-state index in [0.29, 0.717) is 25.5 Å². The van der Waals surface area contributed by atoms with Gasteiger partial charge >= 0.3 is 5.97 Å². The molecule has 0 aliphatic heterocycles. The van der Waals surface area contributed by atoms with Gasteiger partial charge in [-0.25, -0.2) is 4.79 Å². The fourth-order valence-corrected chi connectivity index (χ4v) is 3.16. The summed E-state index contributed by atoms with van der Waals surface area (Å²) in [4.78, 5) is 13.0. The molecule has 0 aliphatic rings. The molecule has 3 aromatic rings. The van der Waals surface area contributed by atoms with Crippen molar-refractivity contribution in [2.45, 2.75) is 13.2 Å². The smallest absolute Gasteiger partial charge is 0.356 e. The molecule has 1 heterocycles. The number of hydrogen-bond donors (Lipinski definition) is 1. The molecule has 148 valence electrons. The molecular formula is C22H20BrN3O3. The maximum atomic E-state index is 11.0. The number of carboxylic acid groups (broad SMARTS) is 1. The molecule has 0 atom stereocenters.